The van der Waals surface area contributed by atoms with Crippen LogP contribution in [0, 0.1) is 17.8 Å². The third-order valence-corrected chi connectivity index (χ3v) is 5.41. The molecule has 0 bridgehead atoms. The molecule has 0 amide bonds. The Balaban J connectivity index is 0.00000204. The number of benzene rings is 1. The molecule has 0 heterocycles. The lowest BCUT2D eigenvalue weighted by Gasteiger charge is -2.20. The fraction of sp³-hybridized carbons (Fsp3) is 0.577. The molecule has 1 aliphatic carbocycles. The Hall–Kier alpha value is -2.21. The standard InChI is InChI=1S/C24H32O3.C2H6/c1-3-4-5-6-7-8-12-19-13-9-16-21(19)22-17-10-14-20(24(22)26)15-11-18-23(25)27-2;1-2/h8,10,12,14,17,19,21,26H,5-7,9,11,13,15-16,18H2,1-2H3;1-2H3/b12-8+;/t19-,21-;/m0./s1. The van der Waals surface area contributed by atoms with Gasteiger partial charge < -0.3 is 9.84 Å². The minimum Gasteiger partial charge on any atom is -0.507 e. The Morgan fingerprint density at radius 2 is 2.07 bits per heavy atom. The molecular weight excluding hydrogens is 360 g/mol. The molecule has 1 aromatic carbocycles. The van der Waals surface area contributed by atoms with E-state index in [0.29, 0.717) is 36.8 Å². The molecule has 0 aromatic heterocycles. The maximum absolute atomic E-state index is 11.3. The summed E-state index contributed by atoms with van der Waals surface area (Å²) in [5, 5.41) is 10.8. The number of ether oxygens (including phenoxy) is 1. The first-order valence-corrected chi connectivity index (χ1v) is 11.1. The van der Waals surface area contributed by atoms with Crippen LogP contribution in [0.1, 0.15) is 89.2 Å². The summed E-state index contributed by atoms with van der Waals surface area (Å²) in [5.74, 6) is 7.15. The van der Waals surface area contributed by atoms with E-state index in [-0.39, 0.29) is 5.97 Å². The lowest BCUT2D eigenvalue weighted by molar-refractivity contribution is -0.140. The summed E-state index contributed by atoms with van der Waals surface area (Å²) in [5.41, 5.74) is 2.00. The van der Waals surface area contributed by atoms with Crippen LogP contribution in [0.3, 0.4) is 0 Å². The van der Waals surface area contributed by atoms with Crippen LogP contribution in [0.25, 0.3) is 0 Å². The number of para-hydroxylation sites is 1. The summed E-state index contributed by atoms with van der Waals surface area (Å²) in [6.45, 7) is 5.88. The van der Waals surface area contributed by atoms with Crippen molar-refractivity contribution in [3.05, 3.63) is 41.5 Å². The molecule has 160 valence electrons. The van der Waals surface area contributed by atoms with Gasteiger partial charge >= 0.3 is 5.97 Å². The minimum atomic E-state index is -0.198. The monoisotopic (exact) mass is 398 g/mol. The second kappa shape index (κ2) is 14.7. The molecule has 2 rings (SSSR count). The molecule has 0 radical (unpaired) electrons. The van der Waals surface area contributed by atoms with Gasteiger partial charge in [0.15, 0.2) is 0 Å². The Morgan fingerprint density at radius 1 is 1.28 bits per heavy atom. The summed E-state index contributed by atoms with van der Waals surface area (Å²) in [6, 6.07) is 6.06. The summed E-state index contributed by atoms with van der Waals surface area (Å²) < 4.78 is 4.69. The highest BCUT2D eigenvalue weighted by atomic mass is 16.5. The van der Waals surface area contributed by atoms with E-state index in [1.54, 1.807) is 0 Å². The SMILES string of the molecule is CC.CC#CCCC/C=C/[C@H]1CCC[C@@H]1c1cccc(CCCC(=O)OC)c1O. The zero-order chi connectivity index (χ0) is 21.5. The molecule has 1 N–H and O–H groups in total. The summed E-state index contributed by atoms with van der Waals surface area (Å²) in [4.78, 5) is 11.3. The van der Waals surface area contributed by atoms with Crippen LogP contribution >= 0.6 is 0 Å². The number of unbranched alkanes of at least 4 members (excludes halogenated alkanes) is 2. The maximum atomic E-state index is 11.3. The van der Waals surface area contributed by atoms with Gasteiger partial charge in [-0.3, -0.25) is 4.79 Å². The number of rotatable bonds is 9. The number of phenols is 1. The predicted octanol–water partition coefficient (Wildman–Crippen LogP) is 6.55. The first kappa shape index (κ1) is 24.8. The highest BCUT2D eigenvalue weighted by Crippen LogP contribution is 2.44. The molecule has 1 fully saturated rings. The Kier molecular flexibility index (Phi) is 12.6. The third-order valence-electron chi connectivity index (χ3n) is 5.41. The van der Waals surface area contributed by atoms with Gasteiger partial charge in [0, 0.05) is 12.8 Å². The van der Waals surface area contributed by atoms with Crippen molar-refractivity contribution in [3.8, 4) is 17.6 Å². The van der Waals surface area contributed by atoms with Crippen LogP contribution in [0.2, 0.25) is 0 Å². The van der Waals surface area contributed by atoms with E-state index >= 15 is 0 Å². The number of hydrogen-bond acceptors (Lipinski definition) is 3. The zero-order valence-electron chi connectivity index (χ0n) is 18.7. The molecule has 0 spiro atoms. The van der Waals surface area contributed by atoms with E-state index < -0.39 is 0 Å². The number of aromatic hydroxyl groups is 1. The van der Waals surface area contributed by atoms with Crippen molar-refractivity contribution in [2.24, 2.45) is 5.92 Å². The minimum absolute atomic E-state index is 0.198. The van der Waals surface area contributed by atoms with Crippen molar-refractivity contribution in [1.82, 2.24) is 0 Å². The lowest BCUT2D eigenvalue weighted by Crippen LogP contribution is -2.05. The van der Waals surface area contributed by atoms with Crippen LogP contribution in [-0.2, 0) is 16.0 Å². The molecular formula is C26H38O3. The van der Waals surface area contributed by atoms with Crippen LogP contribution in [0.15, 0.2) is 30.4 Å². The van der Waals surface area contributed by atoms with Crippen LogP contribution in [-0.4, -0.2) is 18.2 Å². The van der Waals surface area contributed by atoms with Crippen LogP contribution in [0.4, 0.5) is 0 Å². The molecule has 2 atom stereocenters. The van der Waals surface area contributed by atoms with Gasteiger partial charge in [-0.25, -0.2) is 0 Å². The van der Waals surface area contributed by atoms with Crippen molar-refractivity contribution >= 4 is 5.97 Å². The van der Waals surface area contributed by atoms with E-state index in [2.05, 4.69) is 34.8 Å². The van der Waals surface area contributed by atoms with E-state index in [9.17, 15) is 9.90 Å². The average Bonchev–Trinajstić information content (AvgIpc) is 3.21. The quantitative estimate of drug-likeness (QED) is 0.222. The summed E-state index contributed by atoms with van der Waals surface area (Å²) in [6.07, 6.45) is 13.1. The molecule has 29 heavy (non-hydrogen) atoms. The number of esters is 1. The molecule has 3 heteroatoms. The molecule has 0 saturated heterocycles. The molecule has 0 unspecified atom stereocenters. The van der Waals surface area contributed by atoms with Crippen molar-refractivity contribution < 1.29 is 14.6 Å². The van der Waals surface area contributed by atoms with Gasteiger partial charge in [0.05, 0.1) is 7.11 Å². The maximum Gasteiger partial charge on any atom is 0.305 e. The molecule has 1 aromatic rings. The second-order valence-electron chi connectivity index (χ2n) is 7.23. The van der Waals surface area contributed by atoms with Gasteiger partial charge in [0.2, 0.25) is 0 Å². The number of allylic oxidation sites excluding steroid dienone is 2. The predicted molar refractivity (Wildman–Crippen MR) is 121 cm³/mol. The first-order chi connectivity index (χ1) is 14.2. The summed E-state index contributed by atoms with van der Waals surface area (Å²) in [7, 11) is 1.41. The first-order valence-electron chi connectivity index (χ1n) is 11.1. The summed E-state index contributed by atoms with van der Waals surface area (Å²) >= 11 is 0. The smallest absolute Gasteiger partial charge is 0.305 e. The van der Waals surface area contributed by atoms with Crippen molar-refractivity contribution in [2.45, 2.75) is 84.5 Å². The van der Waals surface area contributed by atoms with Gasteiger partial charge in [0.25, 0.3) is 0 Å². The van der Waals surface area contributed by atoms with Crippen molar-refractivity contribution in [1.29, 1.82) is 0 Å². The highest BCUT2D eigenvalue weighted by molar-refractivity contribution is 5.69. The largest absolute Gasteiger partial charge is 0.507 e. The van der Waals surface area contributed by atoms with Crippen molar-refractivity contribution in [3.63, 3.8) is 0 Å². The zero-order valence-corrected chi connectivity index (χ0v) is 18.7. The van der Waals surface area contributed by atoms with Gasteiger partial charge in [-0.15, -0.1) is 11.8 Å². The fourth-order valence-corrected chi connectivity index (χ4v) is 3.95. The average molecular weight is 399 g/mol. The molecule has 1 aliphatic rings. The molecule has 0 aliphatic heterocycles. The number of methoxy groups -OCH3 is 1. The number of phenolic OH excluding ortho intramolecular Hbond substituents is 1. The molecule has 3 nitrogen and oxygen atoms in total. The normalized spacial score (nSPS) is 17.9. The van der Waals surface area contributed by atoms with E-state index in [4.69, 9.17) is 0 Å². The highest BCUT2D eigenvalue weighted by Gasteiger charge is 2.29. The van der Waals surface area contributed by atoms with E-state index in [0.717, 1.165) is 36.8 Å². The van der Waals surface area contributed by atoms with Gasteiger partial charge in [-0.2, -0.15) is 0 Å². The van der Waals surface area contributed by atoms with Gasteiger partial charge in [-0.1, -0.05) is 50.6 Å². The second-order valence-corrected chi connectivity index (χ2v) is 7.23. The Bertz CT molecular complexity index is 694. The van der Waals surface area contributed by atoms with Crippen LogP contribution < -0.4 is 0 Å². The van der Waals surface area contributed by atoms with Crippen LogP contribution in [0.5, 0.6) is 5.75 Å². The number of aryl methyl sites for hydroxylation is 1. The van der Waals surface area contributed by atoms with E-state index in [1.165, 1.54) is 20.0 Å². The Morgan fingerprint density at radius 3 is 2.79 bits per heavy atom. The fourth-order valence-electron chi connectivity index (χ4n) is 3.95. The topological polar surface area (TPSA) is 46.5 Å². The van der Waals surface area contributed by atoms with Gasteiger partial charge in [-0.05, 0) is 68.4 Å². The Labute approximate surface area is 177 Å². The molecule has 1 saturated carbocycles. The number of carbonyl (C=O) groups is 1. The van der Waals surface area contributed by atoms with E-state index in [1.807, 2.05) is 32.9 Å². The third kappa shape index (κ3) is 8.36. The number of carbonyl (C=O) groups excluding carboxylic acids is 1. The van der Waals surface area contributed by atoms with Crippen molar-refractivity contribution in [2.75, 3.05) is 7.11 Å². The lowest BCUT2D eigenvalue weighted by atomic mass is 9.86. The van der Waals surface area contributed by atoms with Gasteiger partial charge in [0.1, 0.15) is 5.75 Å². The number of hydrogen-bond donors (Lipinski definition) is 1.